The highest BCUT2D eigenvalue weighted by Crippen LogP contribution is 2.26. The zero-order chi connectivity index (χ0) is 14.7. The minimum Gasteiger partial charge on any atom is -0.310 e. The molecule has 0 bridgehead atoms. The Morgan fingerprint density at radius 3 is 2.76 bits per heavy atom. The highest BCUT2D eigenvalue weighted by molar-refractivity contribution is 5.79. The second kappa shape index (κ2) is 6.57. The molecule has 21 heavy (non-hydrogen) atoms. The lowest BCUT2D eigenvalue weighted by Gasteiger charge is -2.28. The van der Waals surface area contributed by atoms with E-state index in [9.17, 15) is 0 Å². The van der Waals surface area contributed by atoms with Gasteiger partial charge in [-0.2, -0.15) is 0 Å². The van der Waals surface area contributed by atoms with Crippen molar-refractivity contribution in [3.63, 3.8) is 0 Å². The van der Waals surface area contributed by atoms with Crippen LogP contribution in [0.15, 0.2) is 30.3 Å². The zero-order valence-electron chi connectivity index (χ0n) is 13.2. The van der Waals surface area contributed by atoms with Crippen LogP contribution in [0.2, 0.25) is 0 Å². The Labute approximate surface area is 128 Å². The fourth-order valence-electron chi connectivity index (χ4n) is 3.47. The molecule has 3 rings (SSSR count). The molecule has 0 radical (unpaired) electrons. The number of hydrogen-bond acceptors (Lipinski definition) is 2. The summed E-state index contributed by atoms with van der Waals surface area (Å²) < 4.78 is 0. The molecule has 0 amide bonds. The van der Waals surface area contributed by atoms with E-state index >= 15 is 0 Å². The summed E-state index contributed by atoms with van der Waals surface area (Å²) in [4.78, 5) is 4.57. The molecule has 0 saturated heterocycles. The quantitative estimate of drug-likeness (QED) is 0.886. The normalized spacial score (nSPS) is 18.0. The van der Waals surface area contributed by atoms with E-state index in [2.05, 4.69) is 47.6 Å². The van der Waals surface area contributed by atoms with Crippen LogP contribution in [-0.4, -0.2) is 11.0 Å². The van der Waals surface area contributed by atoms with E-state index in [1.165, 1.54) is 43.1 Å². The highest BCUT2D eigenvalue weighted by atomic mass is 14.9. The summed E-state index contributed by atoms with van der Waals surface area (Å²) in [6, 6.07) is 11.5. The number of aryl methyl sites for hydroxylation is 1. The lowest BCUT2D eigenvalue weighted by molar-refractivity contribution is 0.280. The Kier molecular flexibility index (Phi) is 4.54. The lowest BCUT2D eigenvalue weighted by Crippen LogP contribution is -2.34. The first-order valence-electron chi connectivity index (χ1n) is 8.32. The molecule has 0 spiro atoms. The topological polar surface area (TPSA) is 24.9 Å². The molecule has 1 aliphatic rings. The summed E-state index contributed by atoms with van der Waals surface area (Å²) >= 11 is 0. The number of nitrogens with one attached hydrogen (secondary N) is 1. The Hall–Kier alpha value is -1.41. The van der Waals surface area contributed by atoms with Gasteiger partial charge in [0.15, 0.2) is 0 Å². The summed E-state index contributed by atoms with van der Waals surface area (Å²) in [6.45, 7) is 5.35. The van der Waals surface area contributed by atoms with Gasteiger partial charge in [-0.1, -0.05) is 31.4 Å². The summed E-state index contributed by atoms with van der Waals surface area (Å²) in [6.07, 6.45) is 7.06. The molecule has 1 N–H and O–H groups in total. The number of pyridine rings is 1. The number of aromatic nitrogens is 1. The third-order valence-corrected chi connectivity index (χ3v) is 4.88. The van der Waals surface area contributed by atoms with E-state index in [1.54, 1.807) is 0 Å². The Morgan fingerprint density at radius 2 is 1.95 bits per heavy atom. The van der Waals surface area contributed by atoms with E-state index < -0.39 is 0 Å². The van der Waals surface area contributed by atoms with Gasteiger partial charge >= 0.3 is 0 Å². The van der Waals surface area contributed by atoms with Gasteiger partial charge in [-0.15, -0.1) is 0 Å². The average Bonchev–Trinajstić information content (AvgIpc) is 2.53. The van der Waals surface area contributed by atoms with Gasteiger partial charge in [-0.3, -0.25) is 4.98 Å². The van der Waals surface area contributed by atoms with Crippen LogP contribution in [0.1, 0.15) is 50.3 Å². The standard InChI is InChI=1S/C19H26N2/c1-14-8-10-18-12-16(9-11-19(18)21-14)13-20-15(2)17-6-4-3-5-7-17/h8-12,15,17,20H,3-7,13H2,1-2H3/t15-/m0/s1. The molecule has 1 saturated carbocycles. The van der Waals surface area contributed by atoms with Crippen molar-refractivity contribution in [3.05, 3.63) is 41.6 Å². The van der Waals surface area contributed by atoms with Crippen LogP contribution in [0.3, 0.4) is 0 Å². The third-order valence-electron chi connectivity index (χ3n) is 4.88. The molecule has 1 fully saturated rings. The third kappa shape index (κ3) is 3.62. The maximum atomic E-state index is 4.57. The van der Waals surface area contributed by atoms with Crippen molar-refractivity contribution in [2.45, 2.75) is 58.5 Å². The summed E-state index contributed by atoms with van der Waals surface area (Å²) in [5.41, 5.74) is 3.54. The zero-order valence-corrected chi connectivity index (χ0v) is 13.2. The van der Waals surface area contributed by atoms with E-state index in [0.717, 1.165) is 23.7 Å². The van der Waals surface area contributed by atoms with Gasteiger partial charge in [0.05, 0.1) is 5.52 Å². The molecule has 2 nitrogen and oxygen atoms in total. The van der Waals surface area contributed by atoms with Gasteiger partial charge in [-0.05, 0) is 56.4 Å². The predicted molar refractivity (Wildman–Crippen MR) is 89.4 cm³/mol. The van der Waals surface area contributed by atoms with E-state index in [0.29, 0.717) is 6.04 Å². The van der Waals surface area contributed by atoms with Gasteiger partial charge in [0.1, 0.15) is 0 Å². The summed E-state index contributed by atoms with van der Waals surface area (Å²) in [5, 5.41) is 4.97. The van der Waals surface area contributed by atoms with Crippen molar-refractivity contribution in [1.29, 1.82) is 0 Å². The first-order valence-corrected chi connectivity index (χ1v) is 8.32. The fourth-order valence-corrected chi connectivity index (χ4v) is 3.47. The van der Waals surface area contributed by atoms with Crippen LogP contribution in [0, 0.1) is 12.8 Å². The van der Waals surface area contributed by atoms with Gasteiger partial charge in [0, 0.05) is 23.7 Å². The number of hydrogen-bond donors (Lipinski definition) is 1. The van der Waals surface area contributed by atoms with Crippen LogP contribution < -0.4 is 5.32 Å². The van der Waals surface area contributed by atoms with Gasteiger partial charge < -0.3 is 5.32 Å². The Balaban J connectivity index is 1.63. The Bertz CT molecular complexity index is 600. The molecule has 0 unspecified atom stereocenters. The smallest absolute Gasteiger partial charge is 0.0705 e. The number of rotatable bonds is 4. The highest BCUT2D eigenvalue weighted by Gasteiger charge is 2.19. The molecule has 2 heteroatoms. The molecular weight excluding hydrogens is 256 g/mol. The van der Waals surface area contributed by atoms with Crippen molar-refractivity contribution in [2.75, 3.05) is 0 Å². The van der Waals surface area contributed by atoms with Crippen molar-refractivity contribution >= 4 is 10.9 Å². The summed E-state index contributed by atoms with van der Waals surface area (Å²) in [5.74, 6) is 0.864. The molecule has 1 aromatic heterocycles. The van der Waals surface area contributed by atoms with Gasteiger partial charge in [0.25, 0.3) is 0 Å². The number of fused-ring (bicyclic) bond motifs is 1. The van der Waals surface area contributed by atoms with Crippen LogP contribution >= 0.6 is 0 Å². The van der Waals surface area contributed by atoms with Crippen LogP contribution in [0.5, 0.6) is 0 Å². The molecule has 0 aliphatic heterocycles. The van der Waals surface area contributed by atoms with Crippen molar-refractivity contribution in [2.24, 2.45) is 5.92 Å². The molecule has 1 atom stereocenters. The first kappa shape index (κ1) is 14.5. The SMILES string of the molecule is Cc1ccc2cc(CN[C@@H](C)C3CCCCC3)ccc2n1. The summed E-state index contributed by atoms with van der Waals surface area (Å²) in [7, 11) is 0. The lowest BCUT2D eigenvalue weighted by atomic mass is 9.84. The Morgan fingerprint density at radius 1 is 1.14 bits per heavy atom. The first-order chi connectivity index (χ1) is 10.2. The minimum absolute atomic E-state index is 0.622. The second-order valence-corrected chi connectivity index (χ2v) is 6.55. The van der Waals surface area contributed by atoms with Crippen molar-refractivity contribution < 1.29 is 0 Å². The monoisotopic (exact) mass is 282 g/mol. The van der Waals surface area contributed by atoms with E-state index in [-0.39, 0.29) is 0 Å². The van der Waals surface area contributed by atoms with E-state index in [4.69, 9.17) is 0 Å². The molecule has 112 valence electrons. The fraction of sp³-hybridized carbons (Fsp3) is 0.526. The average molecular weight is 282 g/mol. The van der Waals surface area contributed by atoms with Crippen LogP contribution in [-0.2, 0) is 6.54 Å². The molecule has 1 heterocycles. The number of benzene rings is 1. The maximum absolute atomic E-state index is 4.57. The van der Waals surface area contributed by atoms with Gasteiger partial charge in [0.2, 0.25) is 0 Å². The maximum Gasteiger partial charge on any atom is 0.0705 e. The molecule has 2 aromatic rings. The van der Waals surface area contributed by atoms with Crippen molar-refractivity contribution in [3.8, 4) is 0 Å². The van der Waals surface area contributed by atoms with Crippen LogP contribution in [0.4, 0.5) is 0 Å². The molecular formula is C19H26N2. The second-order valence-electron chi connectivity index (χ2n) is 6.55. The van der Waals surface area contributed by atoms with Crippen LogP contribution in [0.25, 0.3) is 10.9 Å². The predicted octanol–water partition coefficient (Wildman–Crippen LogP) is 4.60. The number of nitrogens with zero attached hydrogens (tertiary/aromatic N) is 1. The van der Waals surface area contributed by atoms with E-state index in [1.807, 2.05) is 6.92 Å². The largest absolute Gasteiger partial charge is 0.310 e. The molecule has 1 aliphatic carbocycles. The molecule has 1 aromatic carbocycles. The minimum atomic E-state index is 0.622. The van der Waals surface area contributed by atoms with Crippen molar-refractivity contribution in [1.82, 2.24) is 10.3 Å². The van der Waals surface area contributed by atoms with Gasteiger partial charge in [-0.25, -0.2) is 0 Å².